The molecule has 1 aromatic carbocycles. The number of hydrogen-bond donors (Lipinski definition) is 1. The SMILES string of the molecule is CN1CCCC(CN)(c2ccccc2)CC1=O. The maximum absolute atomic E-state index is 12.0. The standard InChI is InChI=1S/C14H20N2O/c1-16-9-5-8-14(11-15,10-13(16)17)12-6-3-2-4-7-12/h2-4,6-7H,5,8-11,15H2,1H3. The van der Waals surface area contributed by atoms with Crippen molar-refractivity contribution in [2.24, 2.45) is 5.73 Å². The lowest BCUT2D eigenvalue weighted by Gasteiger charge is -2.31. The van der Waals surface area contributed by atoms with E-state index in [1.54, 1.807) is 0 Å². The second-order valence-corrected chi connectivity index (χ2v) is 4.95. The van der Waals surface area contributed by atoms with Gasteiger partial charge in [-0.05, 0) is 18.4 Å². The molecule has 2 rings (SSSR count). The van der Waals surface area contributed by atoms with Gasteiger partial charge in [-0.2, -0.15) is 0 Å². The molecule has 0 aliphatic carbocycles. The van der Waals surface area contributed by atoms with Crippen LogP contribution in [0.15, 0.2) is 30.3 Å². The van der Waals surface area contributed by atoms with Crippen molar-refractivity contribution < 1.29 is 4.79 Å². The molecule has 1 aliphatic rings. The lowest BCUT2D eigenvalue weighted by Crippen LogP contribution is -2.38. The molecular formula is C14H20N2O. The number of hydrogen-bond acceptors (Lipinski definition) is 2. The first kappa shape index (κ1) is 12.1. The summed E-state index contributed by atoms with van der Waals surface area (Å²) in [7, 11) is 1.87. The highest BCUT2D eigenvalue weighted by molar-refractivity contribution is 5.78. The van der Waals surface area contributed by atoms with E-state index in [2.05, 4.69) is 12.1 Å². The molecule has 0 bridgehead atoms. The normalized spacial score (nSPS) is 25.8. The molecule has 0 aromatic heterocycles. The highest BCUT2D eigenvalue weighted by Gasteiger charge is 2.36. The fraction of sp³-hybridized carbons (Fsp3) is 0.500. The highest BCUT2D eigenvalue weighted by Crippen LogP contribution is 2.34. The second kappa shape index (κ2) is 4.88. The molecule has 1 fully saturated rings. The van der Waals surface area contributed by atoms with Gasteiger partial charge < -0.3 is 10.6 Å². The molecule has 1 atom stereocenters. The van der Waals surface area contributed by atoms with Crippen molar-refractivity contribution in [3.8, 4) is 0 Å². The fourth-order valence-electron chi connectivity index (χ4n) is 2.62. The second-order valence-electron chi connectivity index (χ2n) is 4.95. The van der Waals surface area contributed by atoms with E-state index in [9.17, 15) is 4.79 Å². The fourth-order valence-corrected chi connectivity index (χ4v) is 2.62. The van der Waals surface area contributed by atoms with E-state index in [1.807, 2.05) is 30.1 Å². The predicted molar refractivity (Wildman–Crippen MR) is 68.7 cm³/mol. The van der Waals surface area contributed by atoms with Crippen LogP contribution in [0.2, 0.25) is 0 Å². The van der Waals surface area contributed by atoms with Crippen molar-refractivity contribution in [3.05, 3.63) is 35.9 Å². The number of carbonyl (C=O) groups is 1. The molecule has 1 aliphatic heterocycles. The first-order valence-corrected chi connectivity index (χ1v) is 6.17. The number of amides is 1. The number of likely N-dealkylation sites (tertiary alicyclic amines) is 1. The van der Waals surface area contributed by atoms with E-state index >= 15 is 0 Å². The lowest BCUT2D eigenvalue weighted by molar-refractivity contribution is -0.130. The van der Waals surface area contributed by atoms with Gasteiger partial charge in [0.25, 0.3) is 0 Å². The van der Waals surface area contributed by atoms with Gasteiger partial charge in [0.05, 0.1) is 0 Å². The number of benzene rings is 1. The van der Waals surface area contributed by atoms with Crippen LogP contribution in [0.1, 0.15) is 24.8 Å². The van der Waals surface area contributed by atoms with Crippen LogP contribution < -0.4 is 5.73 Å². The third kappa shape index (κ3) is 2.34. The molecule has 0 spiro atoms. The van der Waals surface area contributed by atoms with Gasteiger partial charge in [-0.3, -0.25) is 4.79 Å². The summed E-state index contributed by atoms with van der Waals surface area (Å²) in [5, 5.41) is 0. The smallest absolute Gasteiger partial charge is 0.223 e. The Morgan fingerprint density at radius 1 is 1.35 bits per heavy atom. The molecular weight excluding hydrogens is 212 g/mol. The largest absolute Gasteiger partial charge is 0.346 e. The summed E-state index contributed by atoms with van der Waals surface area (Å²) in [6, 6.07) is 10.2. The molecule has 1 unspecified atom stereocenters. The van der Waals surface area contributed by atoms with Gasteiger partial charge in [0.2, 0.25) is 5.91 Å². The summed E-state index contributed by atoms with van der Waals surface area (Å²) in [5.41, 5.74) is 7.01. The quantitative estimate of drug-likeness (QED) is 0.840. The minimum Gasteiger partial charge on any atom is -0.346 e. The topological polar surface area (TPSA) is 46.3 Å². The first-order valence-electron chi connectivity index (χ1n) is 6.17. The van der Waals surface area contributed by atoms with Crippen LogP contribution >= 0.6 is 0 Å². The monoisotopic (exact) mass is 232 g/mol. The van der Waals surface area contributed by atoms with Crippen molar-refractivity contribution >= 4 is 5.91 Å². The van der Waals surface area contributed by atoms with E-state index in [0.29, 0.717) is 13.0 Å². The summed E-state index contributed by atoms with van der Waals surface area (Å²) in [6.45, 7) is 1.38. The first-order chi connectivity index (χ1) is 8.18. The highest BCUT2D eigenvalue weighted by atomic mass is 16.2. The molecule has 0 saturated carbocycles. The Morgan fingerprint density at radius 3 is 2.71 bits per heavy atom. The third-order valence-electron chi connectivity index (χ3n) is 3.84. The van der Waals surface area contributed by atoms with Crippen molar-refractivity contribution in [3.63, 3.8) is 0 Å². The summed E-state index contributed by atoms with van der Waals surface area (Å²) >= 11 is 0. The van der Waals surface area contributed by atoms with Gasteiger partial charge in [-0.1, -0.05) is 30.3 Å². The molecule has 1 saturated heterocycles. The van der Waals surface area contributed by atoms with Crippen LogP contribution in [-0.2, 0) is 10.2 Å². The zero-order chi connectivity index (χ0) is 12.3. The molecule has 0 radical (unpaired) electrons. The Labute approximate surface area is 103 Å². The average Bonchev–Trinajstić information content (AvgIpc) is 2.51. The Morgan fingerprint density at radius 2 is 2.06 bits per heavy atom. The molecule has 3 heteroatoms. The molecule has 92 valence electrons. The van der Waals surface area contributed by atoms with Gasteiger partial charge in [0.1, 0.15) is 0 Å². The van der Waals surface area contributed by atoms with Gasteiger partial charge >= 0.3 is 0 Å². The van der Waals surface area contributed by atoms with Crippen LogP contribution in [-0.4, -0.2) is 30.9 Å². The molecule has 1 amide bonds. The van der Waals surface area contributed by atoms with Gasteiger partial charge in [-0.25, -0.2) is 0 Å². The third-order valence-corrected chi connectivity index (χ3v) is 3.84. The van der Waals surface area contributed by atoms with E-state index in [1.165, 1.54) is 5.56 Å². The summed E-state index contributed by atoms with van der Waals surface area (Å²) in [4.78, 5) is 13.9. The van der Waals surface area contributed by atoms with Crippen LogP contribution in [0, 0.1) is 0 Å². The number of nitrogens with zero attached hydrogens (tertiary/aromatic N) is 1. The minimum absolute atomic E-state index is 0.164. The van der Waals surface area contributed by atoms with Gasteiger partial charge in [-0.15, -0.1) is 0 Å². The molecule has 1 aromatic rings. The van der Waals surface area contributed by atoms with E-state index in [4.69, 9.17) is 5.73 Å². The Bertz CT molecular complexity index is 390. The number of nitrogens with two attached hydrogens (primary N) is 1. The van der Waals surface area contributed by atoms with Crippen LogP contribution in [0.4, 0.5) is 0 Å². The zero-order valence-corrected chi connectivity index (χ0v) is 10.4. The summed E-state index contributed by atoms with van der Waals surface area (Å²) in [5.74, 6) is 0.205. The maximum Gasteiger partial charge on any atom is 0.223 e. The molecule has 2 N–H and O–H groups in total. The predicted octanol–water partition coefficient (Wildman–Crippen LogP) is 1.53. The molecule has 17 heavy (non-hydrogen) atoms. The number of rotatable bonds is 2. The Kier molecular flexibility index (Phi) is 3.48. The van der Waals surface area contributed by atoms with Crippen molar-refractivity contribution in [2.75, 3.05) is 20.1 Å². The van der Waals surface area contributed by atoms with E-state index in [-0.39, 0.29) is 11.3 Å². The van der Waals surface area contributed by atoms with Gasteiger partial charge in [0, 0.05) is 32.0 Å². The van der Waals surface area contributed by atoms with Crippen molar-refractivity contribution in [1.29, 1.82) is 0 Å². The van der Waals surface area contributed by atoms with Crippen LogP contribution in [0.25, 0.3) is 0 Å². The lowest BCUT2D eigenvalue weighted by atomic mass is 9.74. The summed E-state index contributed by atoms with van der Waals surface area (Å²) in [6.07, 6.45) is 2.54. The minimum atomic E-state index is -0.164. The van der Waals surface area contributed by atoms with Crippen LogP contribution in [0.5, 0.6) is 0 Å². The average molecular weight is 232 g/mol. The van der Waals surface area contributed by atoms with E-state index in [0.717, 1.165) is 19.4 Å². The van der Waals surface area contributed by atoms with E-state index < -0.39 is 0 Å². The Hall–Kier alpha value is -1.35. The van der Waals surface area contributed by atoms with Crippen LogP contribution in [0.3, 0.4) is 0 Å². The van der Waals surface area contributed by atoms with Crippen molar-refractivity contribution in [2.45, 2.75) is 24.7 Å². The van der Waals surface area contributed by atoms with Crippen molar-refractivity contribution in [1.82, 2.24) is 4.90 Å². The Balaban J connectivity index is 2.34. The molecule has 1 heterocycles. The maximum atomic E-state index is 12.0. The van der Waals surface area contributed by atoms with Gasteiger partial charge in [0.15, 0.2) is 0 Å². The molecule has 3 nitrogen and oxygen atoms in total. The number of carbonyl (C=O) groups excluding carboxylic acids is 1. The zero-order valence-electron chi connectivity index (χ0n) is 10.4. The summed E-state index contributed by atoms with van der Waals surface area (Å²) < 4.78 is 0.